The average Bonchev–Trinajstić information content (AvgIpc) is 2.66. The Hall–Kier alpha value is -1.59. The molecule has 1 aromatic carbocycles. The maximum atomic E-state index is 10.9. The number of hydrogen-bond donors (Lipinski definition) is 0. The predicted octanol–water partition coefficient (Wildman–Crippen LogP) is 3.67. The van der Waals surface area contributed by atoms with Gasteiger partial charge in [-0.3, -0.25) is 14.8 Å². The molecular weight excluding hydrogens is 301 g/mol. The van der Waals surface area contributed by atoms with Crippen molar-refractivity contribution < 1.29 is 4.92 Å². The van der Waals surface area contributed by atoms with Crippen LogP contribution in [0.25, 0.3) is 0 Å². The molecule has 5 nitrogen and oxygen atoms in total. The smallest absolute Gasteiger partial charge is 0.230 e. The van der Waals surface area contributed by atoms with Crippen LogP contribution in [0.4, 0.5) is 0 Å². The molecule has 1 atom stereocenters. The second-order valence-electron chi connectivity index (χ2n) is 4.57. The number of aromatic nitrogens is 2. The van der Waals surface area contributed by atoms with E-state index >= 15 is 0 Å². The van der Waals surface area contributed by atoms with Crippen molar-refractivity contribution in [3.05, 3.63) is 61.4 Å². The molecule has 0 aliphatic rings. The minimum absolute atomic E-state index is 0.288. The maximum absolute atomic E-state index is 10.9. The molecule has 0 bridgehead atoms. The minimum Gasteiger partial charge on any atom is -0.264 e. The van der Waals surface area contributed by atoms with Crippen molar-refractivity contribution in [3.63, 3.8) is 0 Å². The summed E-state index contributed by atoms with van der Waals surface area (Å²) in [5.41, 5.74) is 2.29. The summed E-state index contributed by atoms with van der Waals surface area (Å²) in [6, 6.07) is 6.27. The van der Waals surface area contributed by atoms with Gasteiger partial charge in [-0.25, -0.2) is 0 Å². The molecular formula is C13H13Cl2N3O2. The second kappa shape index (κ2) is 5.81. The van der Waals surface area contributed by atoms with E-state index in [2.05, 4.69) is 5.10 Å². The summed E-state index contributed by atoms with van der Waals surface area (Å²) in [7, 11) is 0. The average molecular weight is 314 g/mol. The van der Waals surface area contributed by atoms with Crippen LogP contribution in [-0.2, 0) is 0 Å². The topological polar surface area (TPSA) is 61.0 Å². The Morgan fingerprint density at radius 3 is 2.55 bits per heavy atom. The summed E-state index contributed by atoms with van der Waals surface area (Å²) in [4.78, 5) is 10.6. The zero-order chi connectivity index (χ0) is 14.9. The van der Waals surface area contributed by atoms with E-state index in [4.69, 9.17) is 23.2 Å². The van der Waals surface area contributed by atoms with Gasteiger partial charge in [-0.05, 0) is 32.0 Å². The lowest BCUT2D eigenvalue weighted by Gasteiger charge is -2.17. The first-order valence-corrected chi connectivity index (χ1v) is 6.73. The molecule has 0 saturated heterocycles. The van der Waals surface area contributed by atoms with Gasteiger partial charge in [0.1, 0.15) is 6.04 Å². The lowest BCUT2D eigenvalue weighted by molar-refractivity contribution is -0.484. The van der Waals surface area contributed by atoms with Gasteiger partial charge in [0.05, 0.1) is 5.69 Å². The Morgan fingerprint density at radius 2 is 2.05 bits per heavy atom. The molecule has 0 amide bonds. The van der Waals surface area contributed by atoms with E-state index in [1.807, 2.05) is 19.9 Å². The molecule has 0 saturated carbocycles. The van der Waals surface area contributed by atoms with Gasteiger partial charge in [-0.1, -0.05) is 29.3 Å². The van der Waals surface area contributed by atoms with E-state index in [0.717, 1.165) is 11.4 Å². The van der Waals surface area contributed by atoms with Crippen LogP contribution < -0.4 is 0 Å². The fourth-order valence-electron chi connectivity index (χ4n) is 2.18. The van der Waals surface area contributed by atoms with Crippen molar-refractivity contribution in [3.8, 4) is 0 Å². The number of rotatable bonds is 4. The van der Waals surface area contributed by atoms with E-state index < -0.39 is 6.04 Å². The Labute approximate surface area is 126 Å². The third-order valence-electron chi connectivity index (χ3n) is 2.98. The van der Waals surface area contributed by atoms with E-state index in [0.29, 0.717) is 15.6 Å². The largest absolute Gasteiger partial charge is 0.264 e. The van der Waals surface area contributed by atoms with Crippen LogP contribution in [0.2, 0.25) is 10.0 Å². The first-order valence-electron chi connectivity index (χ1n) is 5.98. The van der Waals surface area contributed by atoms with Gasteiger partial charge in [0, 0.05) is 26.2 Å². The molecule has 0 spiro atoms. The fraction of sp³-hybridized carbons (Fsp3) is 0.308. The molecule has 1 heterocycles. The SMILES string of the molecule is Cc1cc(C)n([C@@H](C[N+](=O)[O-])c2ccc(Cl)cc2Cl)n1. The van der Waals surface area contributed by atoms with Crippen LogP contribution in [0.15, 0.2) is 24.3 Å². The summed E-state index contributed by atoms with van der Waals surface area (Å²) in [6.07, 6.45) is 0. The van der Waals surface area contributed by atoms with Gasteiger partial charge in [0.2, 0.25) is 6.54 Å². The van der Waals surface area contributed by atoms with Crippen molar-refractivity contribution >= 4 is 23.2 Å². The van der Waals surface area contributed by atoms with Crippen molar-refractivity contribution in [1.29, 1.82) is 0 Å². The highest BCUT2D eigenvalue weighted by Gasteiger charge is 2.24. The van der Waals surface area contributed by atoms with E-state index in [1.54, 1.807) is 22.9 Å². The lowest BCUT2D eigenvalue weighted by Crippen LogP contribution is -2.22. The van der Waals surface area contributed by atoms with Crippen molar-refractivity contribution in [2.24, 2.45) is 0 Å². The Balaban J connectivity index is 2.52. The van der Waals surface area contributed by atoms with Crippen LogP contribution in [-0.4, -0.2) is 21.2 Å². The quantitative estimate of drug-likeness (QED) is 0.639. The molecule has 0 aliphatic carbocycles. The molecule has 0 fully saturated rings. The molecule has 0 N–H and O–H groups in total. The summed E-state index contributed by atoms with van der Waals surface area (Å²) in [5.74, 6) is 0. The minimum atomic E-state index is -0.552. The van der Waals surface area contributed by atoms with E-state index in [1.165, 1.54) is 0 Å². The number of nitro groups is 1. The summed E-state index contributed by atoms with van der Waals surface area (Å²) >= 11 is 12.0. The molecule has 0 unspecified atom stereocenters. The Bertz CT molecular complexity index is 655. The number of nitrogens with zero attached hydrogens (tertiary/aromatic N) is 3. The molecule has 0 aliphatic heterocycles. The van der Waals surface area contributed by atoms with Gasteiger partial charge < -0.3 is 0 Å². The summed E-state index contributed by atoms with van der Waals surface area (Å²) in [5, 5.41) is 16.2. The monoisotopic (exact) mass is 313 g/mol. The van der Waals surface area contributed by atoms with Gasteiger partial charge in [0.25, 0.3) is 0 Å². The Kier molecular flexibility index (Phi) is 4.30. The maximum Gasteiger partial charge on any atom is 0.230 e. The highest BCUT2D eigenvalue weighted by Crippen LogP contribution is 2.29. The third-order valence-corrected chi connectivity index (χ3v) is 3.55. The predicted molar refractivity (Wildman–Crippen MR) is 78.2 cm³/mol. The molecule has 2 aromatic rings. The van der Waals surface area contributed by atoms with Gasteiger partial charge in [0.15, 0.2) is 0 Å². The number of aryl methyl sites for hydroxylation is 2. The van der Waals surface area contributed by atoms with Crippen LogP contribution in [0.3, 0.4) is 0 Å². The van der Waals surface area contributed by atoms with Crippen molar-refractivity contribution in [1.82, 2.24) is 9.78 Å². The van der Waals surface area contributed by atoms with Gasteiger partial charge >= 0.3 is 0 Å². The highest BCUT2D eigenvalue weighted by atomic mass is 35.5. The molecule has 7 heteroatoms. The van der Waals surface area contributed by atoms with Crippen LogP contribution in [0.5, 0.6) is 0 Å². The molecule has 106 valence electrons. The summed E-state index contributed by atoms with van der Waals surface area (Å²) < 4.78 is 1.63. The zero-order valence-electron chi connectivity index (χ0n) is 11.0. The zero-order valence-corrected chi connectivity index (χ0v) is 12.5. The van der Waals surface area contributed by atoms with Crippen LogP contribution >= 0.6 is 23.2 Å². The normalized spacial score (nSPS) is 12.4. The molecule has 20 heavy (non-hydrogen) atoms. The number of benzene rings is 1. The second-order valence-corrected chi connectivity index (χ2v) is 5.41. The summed E-state index contributed by atoms with van der Waals surface area (Å²) in [6.45, 7) is 3.41. The number of hydrogen-bond acceptors (Lipinski definition) is 3. The third kappa shape index (κ3) is 3.11. The van der Waals surface area contributed by atoms with E-state index in [-0.39, 0.29) is 11.5 Å². The van der Waals surface area contributed by atoms with Crippen LogP contribution in [0, 0.1) is 24.0 Å². The first-order chi connectivity index (χ1) is 9.38. The fourth-order valence-corrected chi connectivity index (χ4v) is 2.72. The molecule has 1 aromatic heterocycles. The van der Waals surface area contributed by atoms with Gasteiger partial charge in [-0.15, -0.1) is 0 Å². The number of halogens is 2. The Morgan fingerprint density at radius 1 is 1.35 bits per heavy atom. The van der Waals surface area contributed by atoms with Gasteiger partial charge in [-0.2, -0.15) is 5.10 Å². The van der Waals surface area contributed by atoms with Crippen molar-refractivity contribution in [2.45, 2.75) is 19.9 Å². The lowest BCUT2D eigenvalue weighted by atomic mass is 10.1. The molecule has 2 rings (SSSR count). The standard InChI is InChI=1S/C13H13Cl2N3O2/c1-8-5-9(2)18(16-8)13(7-17(19)20)11-4-3-10(14)6-12(11)15/h3-6,13H,7H2,1-2H3/t13-/m0/s1. The first kappa shape index (κ1) is 14.8. The van der Waals surface area contributed by atoms with Crippen molar-refractivity contribution in [2.75, 3.05) is 6.54 Å². The van der Waals surface area contributed by atoms with Crippen LogP contribution in [0.1, 0.15) is 23.0 Å². The highest BCUT2D eigenvalue weighted by molar-refractivity contribution is 6.35. The van der Waals surface area contributed by atoms with E-state index in [9.17, 15) is 10.1 Å². The molecule has 0 radical (unpaired) electrons.